The second-order valence-electron chi connectivity index (χ2n) is 7.14. The lowest BCUT2D eigenvalue weighted by Crippen LogP contribution is -2.70. The number of thioether (sulfide) groups is 2. The number of aryl methyl sites for hydroxylation is 1. The molecule has 2 aromatic rings. The molecule has 0 spiro atoms. The summed E-state index contributed by atoms with van der Waals surface area (Å²) >= 11 is 9.10. The van der Waals surface area contributed by atoms with Crippen molar-refractivity contribution in [1.82, 2.24) is 40.6 Å². The number of hydrogen-bond donors (Lipinski definition) is 3. The summed E-state index contributed by atoms with van der Waals surface area (Å²) < 4.78 is 26.3. The molecule has 14 nitrogen and oxygen atoms in total. The van der Waals surface area contributed by atoms with E-state index in [0.29, 0.717) is 32.2 Å². The Labute approximate surface area is 211 Å². The number of rotatable bonds is 9. The van der Waals surface area contributed by atoms with Gasteiger partial charge in [-0.05, 0) is 16.0 Å². The predicted molar refractivity (Wildman–Crippen MR) is 129 cm³/mol. The Bertz CT molecular complexity index is 1290. The van der Waals surface area contributed by atoms with E-state index in [0.717, 1.165) is 17.6 Å². The molecule has 3 N–H and O–H groups in total. The average molecular weight is 564 g/mol. The Hall–Kier alpha value is -2.35. The van der Waals surface area contributed by atoms with Gasteiger partial charge in [-0.2, -0.15) is 0 Å². The Morgan fingerprint density at radius 2 is 2.12 bits per heavy atom. The van der Waals surface area contributed by atoms with Gasteiger partial charge in [-0.25, -0.2) is 17.9 Å². The summed E-state index contributed by atoms with van der Waals surface area (Å²) in [6.45, 7) is 0. The Morgan fingerprint density at radius 1 is 1.35 bits per heavy atom. The molecule has 19 heteroatoms. The smallest absolute Gasteiger partial charge is 0.352 e. The summed E-state index contributed by atoms with van der Waals surface area (Å²) in [5.74, 6) is -0.810. The van der Waals surface area contributed by atoms with Crippen LogP contribution in [0.2, 0.25) is 0 Å². The molecule has 0 saturated carbocycles. The number of amides is 1. The van der Waals surface area contributed by atoms with Gasteiger partial charge in [0.05, 0.1) is 17.7 Å². The lowest BCUT2D eigenvalue weighted by atomic mass is 10.0. The largest absolute Gasteiger partial charge is 0.477 e. The van der Waals surface area contributed by atoms with Crippen LogP contribution in [0, 0.1) is 0 Å². The lowest BCUT2D eigenvalue weighted by Gasteiger charge is -2.49. The summed E-state index contributed by atoms with van der Waals surface area (Å²) in [7, 11) is -1.79. The third-order valence-corrected chi connectivity index (χ3v) is 8.81. The molecular weight excluding hydrogens is 547 g/mol. The lowest BCUT2D eigenvalue weighted by molar-refractivity contribution is -0.148. The van der Waals surface area contributed by atoms with E-state index < -0.39 is 33.3 Å². The summed E-state index contributed by atoms with van der Waals surface area (Å²) in [4.78, 5) is 26.4. The Morgan fingerprint density at radius 3 is 2.76 bits per heavy atom. The first-order valence-corrected chi connectivity index (χ1v) is 14.5. The van der Waals surface area contributed by atoms with Crippen molar-refractivity contribution in [1.29, 1.82) is 0 Å². The summed E-state index contributed by atoms with van der Waals surface area (Å²) in [5, 5.41) is 32.3. The fraction of sp³-hybridized carbons (Fsp3) is 0.467. The van der Waals surface area contributed by atoms with Crippen LogP contribution in [0.4, 0.5) is 5.13 Å². The van der Waals surface area contributed by atoms with Crippen LogP contribution in [0.3, 0.4) is 0 Å². The molecule has 1 unspecified atom stereocenters. The molecule has 2 aromatic heterocycles. The number of carboxylic acid groups (broad SMARTS) is 1. The molecule has 182 valence electrons. The number of carboxylic acids is 1. The molecule has 0 bridgehead atoms. The molecule has 1 fully saturated rings. The number of thiocarbonyl (C=S) groups is 1. The van der Waals surface area contributed by atoms with Gasteiger partial charge in [0.2, 0.25) is 20.3 Å². The first-order valence-electron chi connectivity index (χ1n) is 9.38. The van der Waals surface area contributed by atoms with Crippen LogP contribution in [0.5, 0.6) is 0 Å². The predicted octanol–water partition coefficient (Wildman–Crippen LogP) is -0.693. The fourth-order valence-corrected chi connectivity index (χ4v) is 7.45. The second kappa shape index (κ2) is 9.72. The van der Waals surface area contributed by atoms with Gasteiger partial charge in [-0.3, -0.25) is 14.4 Å². The number of tetrazole rings is 1. The number of aliphatic carboxylic acids is 1. The Kier molecular flexibility index (Phi) is 7.08. The van der Waals surface area contributed by atoms with Gasteiger partial charge in [0.1, 0.15) is 22.1 Å². The van der Waals surface area contributed by atoms with Crippen LogP contribution < -0.4 is 10.0 Å². The minimum Gasteiger partial charge on any atom is -0.477 e. The number of carbonyl (C=O) groups excluding carboxylic acids is 1. The highest BCUT2D eigenvalue weighted by Gasteiger charge is 2.53. The van der Waals surface area contributed by atoms with Gasteiger partial charge in [0, 0.05) is 18.6 Å². The molecule has 1 amide bonds. The Balaban J connectivity index is 1.39. The maximum Gasteiger partial charge on any atom is 0.352 e. The number of aromatic nitrogens is 6. The molecule has 0 radical (unpaired) electrons. The van der Waals surface area contributed by atoms with Gasteiger partial charge in [0.15, 0.2) is 0 Å². The van der Waals surface area contributed by atoms with E-state index in [1.165, 1.54) is 33.1 Å². The van der Waals surface area contributed by atoms with E-state index in [4.69, 9.17) is 12.2 Å². The van der Waals surface area contributed by atoms with Crippen molar-refractivity contribution < 1.29 is 23.1 Å². The first kappa shape index (κ1) is 24.8. The number of nitrogens with one attached hydrogen (secondary N) is 2. The molecule has 2 atom stereocenters. The van der Waals surface area contributed by atoms with Gasteiger partial charge in [-0.1, -0.05) is 35.3 Å². The zero-order valence-electron chi connectivity index (χ0n) is 17.5. The van der Waals surface area contributed by atoms with Crippen molar-refractivity contribution in [3.8, 4) is 0 Å². The normalized spacial score (nSPS) is 20.1. The quantitative estimate of drug-likeness (QED) is 0.198. The van der Waals surface area contributed by atoms with Crippen molar-refractivity contribution in [2.24, 2.45) is 7.05 Å². The molecular formula is C15H17N9O5S5. The fourth-order valence-electron chi connectivity index (χ4n) is 3.18. The van der Waals surface area contributed by atoms with E-state index in [1.54, 1.807) is 7.05 Å². The standard InChI is InChI=1S/C15H17N9O5S5/c1-23-15(19-21-22-23)32-5-6-4-31-12-9(11(25)24(12)10(6)13(26)27)16-7(30)3-8-17-18-14(33-8)20-34(2,28)29/h9,12H,3-5H2,1-2H3,(H,16,30)(H,18,20)(H,26,27)/t9?,12-/m1/s1. The van der Waals surface area contributed by atoms with Gasteiger partial charge in [-0.15, -0.1) is 27.1 Å². The van der Waals surface area contributed by atoms with E-state index >= 15 is 0 Å². The highest BCUT2D eigenvalue weighted by molar-refractivity contribution is 8.01. The number of hydrogen-bond acceptors (Lipinski definition) is 13. The third kappa shape index (κ3) is 5.32. The van der Waals surface area contributed by atoms with Crippen molar-refractivity contribution in [2.75, 3.05) is 22.5 Å². The second-order valence-corrected chi connectivity index (χ2v) is 12.5. The van der Waals surface area contributed by atoms with Crippen LogP contribution in [0.25, 0.3) is 0 Å². The first-order chi connectivity index (χ1) is 16.0. The maximum absolute atomic E-state index is 12.8. The zero-order valence-corrected chi connectivity index (χ0v) is 21.6. The molecule has 0 aromatic carbocycles. The number of sulfonamides is 1. The van der Waals surface area contributed by atoms with Crippen molar-refractivity contribution in [2.45, 2.75) is 23.0 Å². The van der Waals surface area contributed by atoms with Crippen LogP contribution in [0.15, 0.2) is 16.4 Å². The molecule has 2 aliphatic rings. The number of β-lactam (4-membered cyclic amide) rings is 1. The maximum atomic E-state index is 12.8. The summed E-state index contributed by atoms with van der Waals surface area (Å²) in [6.07, 6.45) is 1.17. The van der Waals surface area contributed by atoms with Crippen LogP contribution in [-0.4, -0.2) is 94.9 Å². The minimum absolute atomic E-state index is 0.0269. The van der Waals surface area contributed by atoms with E-state index in [2.05, 4.69) is 35.8 Å². The van der Waals surface area contributed by atoms with Crippen LogP contribution in [-0.2, 0) is 33.1 Å². The summed E-state index contributed by atoms with van der Waals surface area (Å²) in [5.41, 5.74) is 0.580. The summed E-state index contributed by atoms with van der Waals surface area (Å²) in [6, 6.07) is -0.675. The molecule has 0 aliphatic carbocycles. The van der Waals surface area contributed by atoms with Crippen molar-refractivity contribution in [3.05, 3.63) is 16.3 Å². The van der Waals surface area contributed by atoms with Gasteiger partial charge >= 0.3 is 5.97 Å². The van der Waals surface area contributed by atoms with E-state index in [9.17, 15) is 23.1 Å². The highest BCUT2D eigenvalue weighted by Crippen LogP contribution is 2.41. The minimum atomic E-state index is -3.47. The number of carbonyl (C=O) groups is 2. The topological polar surface area (TPSA) is 185 Å². The number of fused-ring (bicyclic) bond motifs is 1. The molecule has 2 aliphatic heterocycles. The monoisotopic (exact) mass is 563 g/mol. The molecule has 4 heterocycles. The molecule has 1 saturated heterocycles. The highest BCUT2D eigenvalue weighted by atomic mass is 32.2. The van der Waals surface area contributed by atoms with Gasteiger partial charge in [0.25, 0.3) is 5.91 Å². The number of anilines is 1. The van der Waals surface area contributed by atoms with Crippen molar-refractivity contribution >= 4 is 79.1 Å². The van der Waals surface area contributed by atoms with Gasteiger partial charge < -0.3 is 10.4 Å². The van der Waals surface area contributed by atoms with E-state index in [1.807, 2.05) is 0 Å². The van der Waals surface area contributed by atoms with Crippen molar-refractivity contribution in [3.63, 3.8) is 0 Å². The SMILES string of the molecule is Cn1nnnc1SCC1=C(C(=O)O)N2C(=O)C(NC(=S)Cc3nnc(NS(C)(=O)=O)s3)[C@H]2SC1. The number of nitrogens with zero attached hydrogens (tertiary/aromatic N) is 7. The van der Waals surface area contributed by atoms with Crippen LogP contribution in [0.1, 0.15) is 5.01 Å². The van der Waals surface area contributed by atoms with Crippen LogP contribution >= 0.6 is 47.1 Å². The zero-order chi connectivity index (χ0) is 24.6. The average Bonchev–Trinajstić information content (AvgIpc) is 3.36. The molecule has 4 rings (SSSR count). The third-order valence-electron chi connectivity index (χ3n) is 4.57. The van der Waals surface area contributed by atoms with E-state index in [-0.39, 0.29) is 17.2 Å². The molecule has 34 heavy (non-hydrogen) atoms.